The van der Waals surface area contributed by atoms with Crippen molar-refractivity contribution in [2.75, 3.05) is 26.7 Å². The van der Waals surface area contributed by atoms with E-state index in [0.29, 0.717) is 6.54 Å². The molecule has 1 aliphatic rings. The highest BCUT2D eigenvalue weighted by atomic mass is 19.1. The number of carbonyl (C=O) groups excluding carboxylic acids is 1. The van der Waals surface area contributed by atoms with Crippen LogP contribution in [0.15, 0.2) is 54.6 Å². The van der Waals surface area contributed by atoms with Gasteiger partial charge in [0.25, 0.3) is 0 Å². The molecule has 5 heteroatoms. The minimum absolute atomic E-state index is 0.0545. The van der Waals surface area contributed by atoms with Crippen LogP contribution in [0.5, 0.6) is 0 Å². The Morgan fingerprint density at radius 3 is 2.32 bits per heavy atom. The second-order valence-corrected chi connectivity index (χ2v) is 7.70. The van der Waals surface area contributed by atoms with E-state index < -0.39 is 6.10 Å². The van der Waals surface area contributed by atoms with Crippen LogP contribution in [0, 0.1) is 11.7 Å². The Kier molecular flexibility index (Phi) is 6.81. The molecule has 0 saturated carbocycles. The lowest BCUT2D eigenvalue weighted by atomic mass is 9.87. The number of hydrogen-bond acceptors (Lipinski definition) is 3. The second-order valence-electron chi connectivity index (χ2n) is 7.70. The number of rotatable bonds is 6. The highest BCUT2D eigenvalue weighted by molar-refractivity contribution is 5.78. The Morgan fingerprint density at radius 1 is 1.11 bits per heavy atom. The van der Waals surface area contributed by atoms with Crippen LogP contribution in [0.4, 0.5) is 4.39 Å². The first-order valence-corrected chi connectivity index (χ1v) is 9.92. The van der Waals surface area contributed by atoms with Gasteiger partial charge >= 0.3 is 0 Å². The molecule has 2 aromatic carbocycles. The van der Waals surface area contributed by atoms with Gasteiger partial charge in [0, 0.05) is 7.05 Å². The summed E-state index contributed by atoms with van der Waals surface area (Å²) in [6.07, 6.45) is 1.31. The third-order valence-corrected chi connectivity index (χ3v) is 5.91. The summed E-state index contributed by atoms with van der Waals surface area (Å²) in [4.78, 5) is 16.6. The number of nitrogens with zero attached hydrogens (tertiary/aromatic N) is 2. The standard InChI is InChI=1S/C23H29FN2O2/c1-17(18-8-10-21(24)11-9-18)25(2)22(27)16-26-14-12-20(13-15-26)23(28)19-6-4-3-5-7-19/h3-11,17,20,23,28H,12-16H2,1-2H3. The molecule has 1 amide bonds. The smallest absolute Gasteiger partial charge is 0.236 e. The molecule has 1 aliphatic heterocycles. The molecule has 0 radical (unpaired) electrons. The quantitative estimate of drug-likeness (QED) is 0.824. The molecule has 1 heterocycles. The topological polar surface area (TPSA) is 43.8 Å². The molecular weight excluding hydrogens is 355 g/mol. The molecule has 150 valence electrons. The summed E-state index contributed by atoms with van der Waals surface area (Å²) in [6.45, 7) is 3.93. The lowest BCUT2D eigenvalue weighted by Crippen LogP contribution is -2.43. The average Bonchev–Trinajstić information content (AvgIpc) is 2.74. The molecule has 2 aromatic rings. The maximum absolute atomic E-state index is 13.1. The van der Waals surface area contributed by atoms with Gasteiger partial charge in [0.1, 0.15) is 5.82 Å². The lowest BCUT2D eigenvalue weighted by molar-refractivity contribution is -0.133. The summed E-state index contributed by atoms with van der Waals surface area (Å²) in [5.41, 5.74) is 1.88. The van der Waals surface area contributed by atoms with Crippen LogP contribution in [0.25, 0.3) is 0 Å². The van der Waals surface area contributed by atoms with Crippen LogP contribution in [0.1, 0.15) is 43.0 Å². The SMILES string of the molecule is CC(c1ccc(F)cc1)N(C)C(=O)CN1CCC(C(O)c2ccccc2)CC1. The van der Waals surface area contributed by atoms with Crippen molar-refractivity contribution in [3.05, 3.63) is 71.5 Å². The van der Waals surface area contributed by atoms with Crippen molar-refractivity contribution < 1.29 is 14.3 Å². The Balaban J connectivity index is 1.49. The third kappa shape index (κ3) is 4.97. The molecule has 4 nitrogen and oxygen atoms in total. The van der Waals surface area contributed by atoms with Gasteiger partial charge in [-0.05, 0) is 62.0 Å². The number of likely N-dealkylation sites (N-methyl/N-ethyl adjacent to an activating group) is 1. The van der Waals surface area contributed by atoms with E-state index in [1.807, 2.05) is 37.3 Å². The van der Waals surface area contributed by atoms with E-state index in [-0.39, 0.29) is 23.7 Å². The van der Waals surface area contributed by atoms with Crippen LogP contribution in [0.2, 0.25) is 0 Å². The first-order chi connectivity index (χ1) is 13.5. The molecule has 0 spiro atoms. The van der Waals surface area contributed by atoms with Gasteiger partial charge in [-0.15, -0.1) is 0 Å². The number of benzene rings is 2. The molecule has 1 fully saturated rings. The number of likely N-dealkylation sites (tertiary alicyclic amines) is 1. The van der Waals surface area contributed by atoms with Gasteiger partial charge in [-0.2, -0.15) is 0 Å². The van der Waals surface area contributed by atoms with Gasteiger partial charge in [0.2, 0.25) is 5.91 Å². The molecular formula is C23H29FN2O2. The Hall–Kier alpha value is -2.24. The zero-order valence-corrected chi connectivity index (χ0v) is 16.6. The van der Waals surface area contributed by atoms with Gasteiger partial charge in [-0.1, -0.05) is 42.5 Å². The summed E-state index contributed by atoms with van der Waals surface area (Å²) in [5, 5.41) is 10.6. The van der Waals surface area contributed by atoms with Crippen molar-refractivity contribution >= 4 is 5.91 Å². The number of aliphatic hydroxyl groups is 1. The number of amides is 1. The van der Waals surface area contributed by atoms with Crippen molar-refractivity contribution in [2.24, 2.45) is 5.92 Å². The monoisotopic (exact) mass is 384 g/mol. The van der Waals surface area contributed by atoms with E-state index in [2.05, 4.69) is 4.90 Å². The van der Waals surface area contributed by atoms with E-state index in [9.17, 15) is 14.3 Å². The highest BCUT2D eigenvalue weighted by Crippen LogP contribution is 2.30. The largest absolute Gasteiger partial charge is 0.388 e. The summed E-state index contributed by atoms with van der Waals surface area (Å²) in [5.74, 6) is 0.00833. The molecule has 0 aromatic heterocycles. The van der Waals surface area contributed by atoms with Crippen molar-refractivity contribution in [3.8, 4) is 0 Å². The van der Waals surface area contributed by atoms with Gasteiger partial charge in [-0.25, -0.2) is 4.39 Å². The lowest BCUT2D eigenvalue weighted by Gasteiger charge is -2.35. The fourth-order valence-electron chi connectivity index (χ4n) is 3.83. The maximum atomic E-state index is 13.1. The highest BCUT2D eigenvalue weighted by Gasteiger charge is 2.28. The van der Waals surface area contributed by atoms with E-state index in [1.165, 1.54) is 12.1 Å². The van der Waals surface area contributed by atoms with Crippen LogP contribution in [0.3, 0.4) is 0 Å². The first kappa shape index (κ1) is 20.5. The number of halogens is 1. The predicted molar refractivity (Wildman–Crippen MR) is 108 cm³/mol. The molecule has 0 aliphatic carbocycles. The molecule has 2 unspecified atom stereocenters. The Labute approximate surface area is 166 Å². The number of aliphatic hydroxyl groups excluding tert-OH is 1. The minimum Gasteiger partial charge on any atom is -0.388 e. The van der Waals surface area contributed by atoms with Crippen LogP contribution in [-0.4, -0.2) is 47.5 Å². The molecule has 1 saturated heterocycles. The predicted octanol–water partition coefficient (Wildman–Crippen LogP) is 3.79. The first-order valence-electron chi connectivity index (χ1n) is 9.92. The molecule has 2 atom stereocenters. The van der Waals surface area contributed by atoms with E-state index in [4.69, 9.17) is 0 Å². The summed E-state index contributed by atoms with van der Waals surface area (Å²) in [6, 6.07) is 16.0. The van der Waals surface area contributed by atoms with E-state index in [1.54, 1.807) is 24.1 Å². The summed E-state index contributed by atoms with van der Waals surface area (Å²) >= 11 is 0. The van der Waals surface area contributed by atoms with Crippen molar-refractivity contribution in [2.45, 2.75) is 31.9 Å². The van der Waals surface area contributed by atoms with Crippen LogP contribution in [-0.2, 0) is 4.79 Å². The molecule has 28 heavy (non-hydrogen) atoms. The molecule has 0 bridgehead atoms. The normalized spacial score (nSPS) is 17.9. The zero-order valence-electron chi connectivity index (χ0n) is 16.6. The maximum Gasteiger partial charge on any atom is 0.236 e. The Bertz CT molecular complexity index is 758. The van der Waals surface area contributed by atoms with Crippen molar-refractivity contribution in [1.82, 2.24) is 9.80 Å². The summed E-state index contributed by atoms with van der Waals surface area (Å²) in [7, 11) is 1.79. The molecule has 1 N–H and O–H groups in total. The van der Waals surface area contributed by atoms with E-state index >= 15 is 0 Å². The van der Waals surface area contributed by atoms with Crippen LogP contribution < -0.4 is 0 Å². The van der Waals surface area contributed by atoms with E-state index in [0.717, 1.165) is 37.1 Å². The average molecular weight is 384 g/mol. The number of piperidine rings is 1. The number of carbonyl (C=O) groups is 1. The van der Waals surface area contributed by atoms with Crippen LogP contribution >= 0.6 is 0 Å². The van der Waals surface area contributed by atoms with Gasteiger partial charge < -0.3 is 10.0 Å². The fraction of sp³-hybridized carbons (Fsp3) is 0.435. The second kappa shape index (κ2) is 9.30. The summed E-state index contributed by atoms with van der Waals surface area (Å²) < 4.78 is 13.1. The Morgan fingerprint density at radius 2 is 1.71 bits per heavy atom. The third-order valence-electron chi connectivity index (χ3n) is 5.91. The van der Waals surface area contributed by atoms with Crippen molar-refractivity contribution in [3.63, 3.8) is 0 Å². The van der Waals surface area contributed by atoms with Gasteiger partial charge in [-0.3, -0.25) is 9.69 Å². The fourth-order valence-corrected chi connectivity index (χ4v) is 3.83. The van der Waals surface area contributed by atoms with Gasteiger partial charge in [0.05, 0.1) is 18.7 Å². The molecule has 3 rings (SSSR count). The van der Waals surface area contributed by atoms with Crippen molar-refractivity contribution in [1.29, 1.82) is 0 Å². The number of hydrogen-bond donors (Lipinski definition) is 1. The van der Waals surface area contributed by atoms with Gasteiger partial charge in [0.15, 0.2) is 0 Å². The minimum atomic E-state index is -0.444. The zero-order chi connectivity index (χ0) is 20.1.